The molecule has 24 heavy (non-hydrogen) atoms. The van der Waals surface area contributed by atoms with E-state index in [1.165, 1.54) is 4.90 Å². The van der Waals surface area contributed by atoms with Crippen molar-refractivity contribution >= 4 is 17.6 Å². The van der Waals surface area contributed by atoms with Gasteiger partial charge in [-0.25, -0.2) is 4.79 Å². The number of nitrogens with zero attached hydrogens (tertiary/aromatic N) is 2. The Morgan fingerprint density at radius 3 is 2.83 bits per heavy atom. The molecule has 1 aromatic carbocycles. The van der Waals surface area contributed by atoms with Gasteiger partial charge in [0.2, 0.25) is 0 Å². The fraction of sp³-hybridized carbons (Fsp3) is 0.222. The van der Waals surface area contributed by atoms with Crippen LogP contribution in [0.5, 0.6) is 0 Å². The van der Waals surface area contributed by atoms with E-state index in [0.29, 0.717) is 17.3 Å². The van der Waals surface area contributed by atoms with Crippen molar-refractivity contribution in [3.8, 4) is 0 Å². The standard InChI is InChI=1S/C18H20ClN3O2/c1-2-10-22(11-12-23)18(24)21-17(16-8-3-4-9-20-16)14-6-5-7-15(19)13-14/h2-9,13,17,23H,1,10-12H2,(H,21,24). The van der Waals surface area contributed by atoms with Gasteiger partial charge in [-0.05, 0) is 29.8 Å². The van der Waals surface area contributed by atoms with Crippen molar-refractivity contribution in [3.63, 3.8) is 0 Å². The zero-order valence-electron chi connectivity index (χ0n) is 13.2. The normalized spacial score (nSPS) is 11.6. The highest BCUT2D eigenvalue weighted by Gasteiger charge is 2.21. The third-order valence-electron chi connectivity index (χ3n) is 3.44. The minimum atomic E-state index is -0.441. The van der Waals surface area contributed by atoms with E-state index in [1.807, 2.05) is 30.3 Å². The average Bonchev–Trinajstić information content (AvgIpc) is 2.60. The quantitative estimate of drug-likeness (QED) is 0.758. The molecule has 2 aromatic rings. The van der Waals surface area contributed by atoms with Crippen LogP contribution in [-0.2, 0) is 0 Å². The Hall–Kier alpha value is -2.37. The number of hydrogen-bond donors (Lipinski definition) is 2. The van der Waals surface area contributed by atoms with Crippen LogP contribution in [0.4, 0.5) is 4.79 Å². The molecule has 1 heterocycles. The third kappa shape index (κ3) is 4.81. The minimum Gasteiger partial charge on any atom is -0.395 e. The van der Waals surface area contributed by atoms with Crippen molar-refractivity contribution in [1.82, 2.24) is 15.2 Å². The lowest BCUT2D eigenvalue weighted by Gasteiger charge is -2.25. The van der Waals surface area contributed by atoms with Crippen LogP contribution < -0.4 is 5.32 Å². The van der Waals surface area contributed by atoms with Gasteiger partial charge in [0.15, 0.2) is 0 Å². The van der Waals surface area contributed by atoms with Crippen LogP contribution in [0.2, 0.25) is 5.02 Å². The number of benzene rings is 1. The number of aliphatic hydroxyl groups is 1. The molecule has 0 aliphatic carbocycles. The van der Waals surface area contributed by atoms with E-state index in [-0.39, 0.29) is 19.2 Å². The summed E-state index contributed by atoms with van der Waals surface area (Å²) in [5.41, 5.74) is 1.53. The van der Waals surface area contributed by atoms with Crippen LogP contribution in [0, 0.1) is 0 Å². The first kappa shape index (κ1) is 18.0. The molecule has 2 amide bonds. The second kappa shape index (κ2) is 9.05. The first-order valence-corrected chi connectivity index (χ1v) is 7.97. The van der Waals surface area contributed by atoms with E-state index in [4.69, 9.17) is 16.7 Å². The van der Waals surface area contributed by atoms with Gasteiger partial charge in [0.05, 0.1) is 18.3 Å². The number of rotatable bonds is 7. The second-order valence-electron chi connectivity index (χ2n) is 5.15. The molecule has 5 nitrogen and oxygen atoms in total. The molecule has 0 fully saturated rings. The molecule has 0 saturated carbocycles. The van der Waals surface area contributed by atoms with E-state index in [9.17, 15) is 4.79 Å². The number of aliphatic hydroxyl groups excluding tert-OH is 1. The summed E-state index contributed by atoms with van der Waals surface area (Å²) in [7, 11) is 0. The van der Waals surface area contributed by atoms with Crippen molar-refractivity contribution in [3.05, 3.63) is 77.6 Å². The monoisotopic (exact) mass is 345 g/mol. The highest BCUT2D eigenvalue weighted by atomic mass is 35.5. The summed E-state index contributed by atoms with van der Waals surface area (Å²) in [5, 5.41) is 12.7. The lowest BCUT2D eigenvalue weighted by atomic mass is 10.0. The number of pyridine rings is 1. The van der Waals surface area contributed by atoms with E-state index < -0.39 is 6.04 Å². The first-order chi connectivity index (χ1) is 11.7. The number of carbonyl (C=O) groups excluding carboxylic acids is 1. The molecular formula is C18H20ClN3O2. The number of aromatic nitrogens is 1. The van der Waals surface area contributed by atoms with Crippen molar-refractivity contribution in [2.75, 3.05) is 19.7 Å². The number of carbonyl (C=O) groups is 1. The maximum atomic E-state index is 12.6. The Labute approximate surface area is 146 Å². The molecule has 0 saturated heterocycles. The SMILES string of the molecule is C=CCN(CCO)C(=O)NC(c1cccc(Cl)c1)c1ccccn1. The predicted molar refractivity (Wildman–Crippen MR) is 94.9 cm³/mol. The van der Waals surface area contributed by atoms with Crippen molar-refractivity contribution in [2.45, 2.75) is 6.04 Å². The molecule has 0 spiro atoms. The van der Waals surface area contributed by atoms with Gasteiger partial charge in [-0.1, -0.05) is 35.9 Å². The largest absolute Gasteiger partial charge is 0.395 e. The molecule has 0 radical (unpaired) electrons. The van der Waals surface area contributed by atoms with Gasteiger partial charge in [0, 0.05) is 24.3 Å². The molecule has 2 N–H and O–H groups in total. The van der Waals surface area contributed by atoms with Crippen LogP contribution >= 0.6 is 11.6 Å². The zero-order chi connectivity index (χ0) is 17.4. The van der Waals surface area contributed by atoms with E-state index in [2.05, 4.69) is 16.9 Å². The number of halogens is 1. The van der Waals surface area contributed by atoms with Gasteiger partial charge >= 0.3 is 6.03 Å². The van der Waals surface area contributed by atoms with Crippen LogP contribution in [0.25, 0.3) is 0 Å². The van der Waals surface area contributed by atoms with Crippen LogP contribution in [0.3, 0.4) is 0 Å². The molecule has 6 heteroatoms. The Morgan fingerprint density at radius 1 is 1.38 bits per heavy atom. The number of hydrogen-bond acceptors (Lipinski definition) is 3. The second-order valence-corrected chi connectivity index (χ2v) is 5.59. The summed E-state index contributed by atoms with van der Waals surface area (Å²) in [6.07, 6.45) is 3.29. The maximum absolute atomic E-state index is 12.6. The summed E-state index contributed by atoms with van der Waals surface area (Å²) in [5.74, 6) is 0. The summed E-state index contributed by atoms with van der Waals surface area (Å²) in [4.78, 5) is 18.4. The Bertz CT molecular complexity index is 679. The molecule has 1 atom stereocenters. The highest BCUT2D eigenvalue weighted by Crippen LogP contribution is 2.23. The van der Waals surface area contributed by atoms with Crippen molar-refractivity contribution < 1.29 is 9.90 Å². The number of nitrogens with one attached hydrogen (secondary N) is 1. The lowest BCUT2D eigenvalue weighted by molar-refractivity contribution is 0.181. The molecule has 0 bridgehead atoms. The van der Waals surface area contributed by atoms with Crippen molar-refractivity contribution in [1.29, 1.82) is 0 Å². The third-order valence-corrected chi connectivity index (χ3v) is 3.68. The molecule has 2 rings (SSSR count). The molecular weight excluding hydrogens is 326 g/mol. The minimum absolute atomic E-state index is 0.118. The smallest absolute Gasteiger partial charge is 0.318 e. The summed E-state index contributed by atoms with van der Waals surface area (Å²) >= 11 is 6.09. The van der Waals surface area contributed by atoms with Gasteiger partial charge in [0.1, 0.15) is 0 Å². The molecule has 0 aliphatic rings. The fourth-order valence-corrected chi connectivity index (χ4v) is 2.53. The number of amides is 2. The van der Waals surface area contributed by atoms with Crippen molar-refractivity contribution in [2.24, 2.45) is 0 Å². The van der Waals surface area contributed by atoms with Crippen LogP contribution in [0.15, 0.2) is 61.3 Å². The molecule has 1 unspecified atom stereocenters. The Morgan fingerprint density at radius 2 is 2.21 bits per heavy atom. The summed E-state index contributed by atoms with van der Waals surface area (Å²) in [6, 6.07) is 12.1. The summed E-state index contributed by atoms with van der Waals surface area (Å²) in [6.45, 7) is 4.09. The molecule has 1 aromatic heterocycles. The van der Waals surface area contributed by atoms with E-state index >= 15 is 0 Å². The highest BCUT2D eigenvalue weighted by molar-refractivity contribution is 6.30. The van der Waals surface area contributed by atoms with Crippen LogP contribution in [0.1, 0.15) is 17.3 Å². The fourth-order valence-electron chi connectivity index (χ4n) is 2.33. The van der Waals surface area contributed by atoms with Gasteiger partial charge < -0.3 is 15.3 Å². The number of urea groups is 1. The van der Waals surface area contributed by atoms with Gasteiger partial charge in [-0.15, -0.1) is 6.58 Å². The van der Waals surface area contributed by atoms with E-state index in [0.717, 1.165) is 5.56 Å². The Kier molecular flexibility index (Phi) is 6.78. The summed E-state index contributed by atoms with van der Waals surface area (Å²) < 4.78 is 0. The van der Waals surface area contributed by atoms with Gasteiger partial charge in [-0.3, -0.25) is 4.98 Å². The molecule has 126 valence electrons. The first-order valence-electron chi connectivity index (χ1n) is 7.59. The van der Waals surface area contributed by atoms with Gasteiger partial charge in [0.25, 0.3) is 0 Å². The lowest BCUT2D eigenvalue weighted by Crippen LogP contribution is -2.43. The van der Waals surface area contributed by atoms with E-state index in [1.54, 1.807) is 24.4 Å². The predicted octanol–water partition coefficient (Wildman–Crippen LogP) is 3.01. The maximum Gasteiger partial charge on any atom is 0.318 e. The molecule has 0 aliphatic heterocycles. The Balaban J connectivity index is 2.29. The topological polar surface area (TPSA) is 65.5 Å². The van der Waals surface area contributed by atoms with Crippen LogP contribution in [-0.4, -0.2) is 40.7 Å². The average molecular weight is 346 g/mol. The zero-order valence-corrected chi connectivity index (χ0v) is 14.0. The van der Waals surface area contributed by atoms with Gasteiger partial charge in [-0.2, -0.15) is 0 Å².